The maximum Gasteiger partial charge on any atom is 0.326 e. The highest BCUT2D eigenvalue weighted by atomic mass is 79.9. The van der Waals surface area contributed by atoms with Crippen molar-refractivity contribution in [2.75, 3.05) is 0 Å². The van der Waals surface area contributed by atoms with Crippen molar-refractivity contribution in [3.63, 3.8) is 0 Å². The average molecular weight is 293 g/mol. The van der Waals surface area contributed by atoms with Crippen LogP contribution in [0.1, 0.15) is 0 Å². The van der Waals surface area contributed by atoms with Crippen LogP contribution in [0.15, 0.2) is 20.1 Å². The lowest BCUT2D eigenvalue weighted by atomic mass is 10.2. The predicted octanol–water partition coefficient (Wildman–Crippen LogP) is 1.77. The maximum atomic E-state index is 13.5. The van der Waals surface area contributed by atoms with Gasteiger partial charge in [-0.1, -0.05) is 11.6 Å². The van der Waals surface area contributed by atoms with Crippen molar-refractivity contribution in [3.05, 3.63) is 42.2 Å². The van der Waals surface area contributed by atoms with Gasteiger partial charge in [-0.05, 0) is 22.0 Å². The summed E-state index contributed by atoms with van der Waals surface area (Å²) in [7, 11) is 0. The van der Waals surface area contributed by atoms with Gasteiger partial charge in [-0.2, -0.15) is 0 Å². The first-order valence-corrected chi connectivity index (χ1v) is 4.97. The van der Waals surface area contributed by atoms with Crippen LogP contribution in [0.2, 0.25) is 5.02 Å². The minimum atomic E-state index is -0.821. The molecule has 1 heterocycles. The van der Waals surface area contributed by atoms with Gasteiger partial charge in [-0.15, -0.1) is 0 Å². The second-order valence-electron chi connectivity index (χ2n) is 2.81. The van der Waals surface area contributed by atoms with Crippen molar-refractivity contribution in [1.29, 1.82) is 0 Å². The van der Waals surface area contributed by atoms with Crippen molar-refractivity contribution in [1.82, 2.24) is 9.97 Å². The zero-order valence-corrected chi connectivity index (χ0v) is 9.37. The Bertz CT molecular complexity index is 664. The van der Waals surface area contributed by atoms with Gasteiger partial charge in [0.25, 0.3) is 5.56 Å². The quantitative estimate of drug-likeness (QED) is 0.727. The molecule has 0 unspecified atom stereocenters. The van der Waals surface area contributed by atoms with E-state index in [1.807, 2.05) is 4.98 Å². The lowest BCUT2D eigenvalue weighted by Gasteiger charge is -2.02. The summed E-state index contributed by atoms with van der Waals surface area (Å²) in [6.07, 6.45) is 0. The molecule has 0 aliphatic rings. The first-order valence-electron chi connectivity index (χ1n) is 3.80. The Morgan fingerprint density at radius 1 is 1.33 bits per heavy atom. The van der Waals surface area contributed by atoms with E-state index >= 15 is 0 Å². The number of aromatic nitrogens is 2. The Morgan fingerprint density at radius 3 is 2.67 bits per heavy atom. The number of nitrogens with one attached hydrogen (secondary N) is 2. The van der Waals surface area contributed by atoms with Crippen molar-refractivity contribution in [2.24, 2.45) is 0 Å². The number of H-pyrrole nitrogens is 2. The summed E-state index contributed by atoms with van der Waals surface area (Å²) in [5, 5.41) is -0.146. The number of hydrogen-bond donors (Lipinski definition) is 2. The molecule has 0 atom stereocenters. The molecular weight excluding hydrogens is 290 g/mol. The van der Waals surface area contributed by atoms with Crippen molar-refractivity contribution >= 4 is 38.4 Å². The van der Waals surface area contributed by atoms with Gasteiger partial charge in [-0.25, -0.2) is 9.18 Å². The number of benzene rings is 1. The predicted molar refractivity (Wildman–Crippen MR) is 57.9 cm³/mol. The Hall–Kier alpha value is -1.14. The third kappa shape index (κ3) is 1.59. The summed E-state index contributed by atoms with van der Waals surface area (Å²) in [6.45, 7) is 0. The average Bonchev–Trinajstić information content (AvgIpc) is 2.12. The van der Waals surface area contributed by atoms with E-state index in [-0.39, 0.29) is 15.9 Å². The first-order chi connectivity index (χ1) is 7.00. The fraction of sp³-hybridized carbons (Fsp3) is 0. The van der Waals surface area contributed by atoms with Gasteiger partial charge < -0.3 is 4.98 Å². The van der Waals surface area contributed by atoms with Crippen LogP contribution < -0.4 is 11.2 Å². The van der Waals surface area contributed by atoms with Gasteiger partial charge in [0.2, 0.25) is 0 Å². The van der Waals surface area contributed by atoms with Gasteiger partial charge in [0.1, 0.15) is 0 Å². The molecule has 2 aromatic rings. The highest BCUT2D eigenvalue weighted by Crippen LogP contribution is 2.27. The summed E-state index contributed by atoms with van der Waals surface area (Å²) in [5.74, 6) is -0.821. The summed E-state index contributed by atoms with van der Waals surface area (Å²) < 4.78 is 13.8. The van der Waals surface area contributed by atoms with Crippen molar-refractivity contribution in [3.8, 4) is 0 Å². The van der Waals surface area contributed by atoms with Crippen LogP contribution in [0.4, 0.5) is 4.39 Å². The van der Waals surface area contributed by atoms with E-state index in [4.69, 9.17) is 11.6 Å². The molecule has 0 fully saturated rings. The second-order valence-corrected chi connectivity index (χ2v) is 4.07. The number of rotatable bonds is 0. The van der Waals surface area contributed by atoms with Crippen LogP contribution in [-0.2, 0) is 0 Å². The van der Waals surface area contributed by atoms with Gasteiger partial charge in [0.15, 0.2) is 5.82 Å². The number of halogens is 3. The zero-order valence-electron chi connectivity index (χ0n) is 7.03. The topological polar surface area (TPSA) is 65.7 Å². The lowest BCUT2D eigenvalue weighted by molar-refractivity contribution is 0.636. The van der Waals surface area contributed by atoms with E-state index in [1.54, 1.807) is 0 Å². The molecule has 0 amide bonds. The molecule has 1 aromatic heterocycles. The zero-order chi connectivity index (χ0) is 11.2. The summed E-state index contributed by atoms with van der Waals surface area (Å²) in [5.41, 5.74) is -1.65. The number of fused-ring (bicyclic) bond motifs is 1. The largest absolute Gasteiger partial charge is 0.326 e. The van der Waals surface area contributed by atoms with Gasteiger partial charge in [-0.3, -0.25) is 9.78 Å². The molecule has 1 aromatic carbocycles. The molecule has 2 rings (SSSR count). The Balaban J connectivity index is 3.17. The van der Waals surface area contributed by atoms with Crippen LogP contribution in [0.3, 0.4) is 0 Å². The van der Waals surface area contributed by atoms with Crippen molar-refractivity contribution < 1.29 is 4.39 Å². The molecule has 0 spiro atoms. The van der Waals surface area contributed by atoms with E-state index < -0.39 is 17.1 Å². The third-order valence-corrected chi connectivity index (χ3v) is 2.76. The van der Waals surface area contributed by atoms with Crippen LogP contribution in [0, 0.1) is 5.82 Å². The highest BCUT2D eigenvalue weighted by molar-refractivity contribution is 9.10. The molecule has 0 saturated carbocycles. The van der Waals surface area contributed by atoms with Crippen molar-refractivity contribution in [2.45, 2.75) is 0 Å². The van der Waals surface area contributed by atoms with E-state index in [0.29, 0.717) is 4.47 Å². The summed E-state index contributed by atoms with van der Waals surface area (Å²) in [6, 6.07) is 1.26. The van der Waals surface area contributed by atoms with Crippen LogP contribution in [0.5, 0.6) is 0 Å². The van der Waals surface area contributed by atoms with Crippen LogP contribution in [0.25, 0.3) is 10.9 Å². The highest BCUT2D eigenvalue weighted by Gasteiger charge is 2.13. The monoisotopic (exact) mass is 292 g/mol. The van der Waals surface area contributed by atoms with Crippen LogP contribution in [-0.4, -0.2) is 9.97 Å². The van der Waals surface area contributed by atoms with Crippen LogP contribution >= 0.6 is 27.5 Å². The molecule has 0 bridgehead atoms. The Kier molecular flexibility index (Phi) is 2.40. The first kappa shape index (κ1) is 10.4. The molecule has 2 N–H and O–H groups in total. The Labute approximate surface area is 95.2 Å². The molecule has 0 radical (unpaired) electrons. The van der Waals surface area contributed by atoms with E-state index in [2.05, 4.69) is 20.9 Å². The maximum absolute atomic E-state index is 13.5. The SMILES string of the molecule is O=c1[nH]c(=O)c2c(Br)cc(Cl)c(F)c2[nH]1. The van der Waals surface area contributed by atoms with Gasteiger partial charge >= 0.3 is 5.69 Å². The minimum Gasteiger partial charge on any atom is -0.304 e. The molecule has 4 nitrogen and oxygen atoms in total. The summed E-state index contributed by atoms with van der Waals surface area (Å²) >= 11 is 8.62. The lowest BCUT2D eigenvalue weighted by Crippen LogP contribution is -2.22. The second kappa shape index (κ2) is 3.46. The molecule has 15 heavy (non-hydrogen) atoms. The molecule has 0 saturated heterocycles. The van der Waals surface area contributed by atoms with Gasteiger partial charge in [0, 0.05) is 4.47 Å². The number of hydrogen-bond acceptors (Lipinski definition) is 2. The third-order valence-electron chi connectivity index (χ3n) is 1.86. The summed E-state index contributed by atoms with van der Waals surface area (Å²) in [4.78, 5) is 26.5. The molecule has 7 heteroatoms. The molecule has 0 aliphatic carbocycles. The van der Waals surface area contributed by atoms with E-state index in [0.717, 1.165) is 0 Å². The van der Waals surface area contributed by atoms with Gasteiger partial charge in [0.05, 0.1) is 15.9 Å². The smallest absolute Gasteiger partial charge is 0.304 e. The normalized spacial score (nSPS) is 10.9. The number of aromatic amines is 2. The van der Waals surface area contributed by atoms with E-state index in [9.17, 15) is 14.0 Å². The molecular formula is C8H3BrClFN2O2. The minimum absolute atomic E-state index is 0.0245. The fourth-order valence-electron chi connectivity index (χ4n) is 1.25. The fourth-order valence-corrected chi connectivity index (χ4v) is 2.19. The Morgan fingerprint density at radius 2 is 2.00 bits per heavy atom. The van der Waals surface area contributed by atoms with E-state index in [1.165, 1.54) is 6.07 Å². The standard InChI is InChI=1S/C8H3BrClFN2O2/c9-2-1-3(10)5(11)6-4(2)7(14)13-8(15)12-6/h1H,(H2,12,13,14,15). The molecule has 0 aliphatic heterocycles. The molecule has 78 valence electrons.